The van der Waals surface area contributed by atoms with E-state index in [1.54, 1.807) is 0 Å². The Morgan fingerprint density at radius 1 is 1.55 bits per heavy atom. The number of carbonyl (C=O) groups is 1. The van der Waals surface area contributed by atoms with Gasteiger partial charge in [0.1, 0.15) is 5.69 Å². The van der Waals surface area contributed by atoms with Gasteiger partial charge in [-0.2, -0.15) is 0 Å². The molecule has 0 aromatic carbocycles. The van der Waals surface area contributed by atoms with Crippen LogP contribution in [0, 0.1) is 0 Å². The average molecular weight is 151 g/mol. The molecule has 0 saturated carbocycles. The first-order valence-corrected chi connectivity index (χ1v) is 3.02. The molecule has 11 heavy (non-hydrogen) atoms. The summed E-state index contributed by atoms with van der Waals surface area (Å²) in [6.45, 7) is 0. The van der Waals surface area contributed by atoms with Gasteiger partial charge in [-0.15, -0.1) is 0 Å². The number of nitrogens with zero attached hydrogens (tertiary/aromatic N) is 1. The van der Waals surface area contributed by atoms with E-state index in [9.17, 15) is 4.79 Å². The standard InChI is InChI=1S/C6H6BNO3/c9-4-6-5(7(10)11)2-1-3-8-6/h1-4,10-11H. The van der Waals surface area contributed by atoms with E-state index in [0.29, 0.717) is 6.29 Å². The van der Waals surface area contributed by atoms with Gasteiger partial charge in [-0.25, -0.2) is 0 Å². The SMILES string of the molecule is O=Cc1ncccc1B(O)O. The van der Waals surface area contributed by atoms with Crippen molar-refractivity contribution in [3.05, 3.63) is 24.0 Å². The number of rotatable bonds is 2. The fourth-order valence-electron chi connectivity index (χ4n) is 0.747. The van der Waals surface area contributed by atoms with Gasteiger partial charge in [0.15, 0.2) is 6.29 Å². The van der Waals surface area contributed by atoms with E-state index in [0.717, 1.165) is 0 Å². The Labute approximate surface area is 63.7 Å². The third kappa shape index (κ3) is 1.63. The van der Waals surface area contributed by atoms with Crippen molar-refractivity contribution < 1.29 is 14.8 Å². The van der Waals surface area contributed by atoms with Crippen LogP contribution in [0.3, 0.4) is 0 Å². The van der Waals surface area contributed by atoms with Crippen LogP contribution in [0.2, 0.25) is 0 Å². The van der Waals surface area contributed by atoms with Gasteiger partial charge in [-0.05, 0) is 6.07 Å². The van der Waals surface area contributed by atoms with Crippen molar-refractivity contribution >= 4 is 18.9 Å². The third-order valence-electron chi connectivity index (χ3n) is 1.26. The summed E-state index contributed by atoms with van der Waals surface area (Å²) in [5, 5.41) is 17.4. The molecule has 2 N–H and O–H groups in total. The first kappa shape index (κ1) is 7.91. The maximum Gasteiger partial charge on any atom is 0.490 e. The third-order valence-corrected chi connectivity index (χ3v) is 1.26. The van der Waals surface area contributed by atoms with Gasteiger partial charge in [0.05, 0.1) is 0 Å². The second kappa shape index (κ2) is 3.27. The van der Waals surface area contributed by atoms with E-state index < -0.39 is 7.12 Å². The van der Waals surface area contributed by atoms with Crippen LogP contribution >= 0.6 is 0 Å². The lowest BCUT2D eigenvalue weighted by Gasteiger charge is -1.99. The van der Waals surface area contributed by atoms with Crippen LogP contribution in [0.4, 0.5) is 0 Å². The van der Waals surface area contributed by atoms with E-state index in [-0.39, 0.29) is 11.2 Å². The molecular formula is C6H6BNO3. The van der Waals surface area contributed by atoms with Gasteiger partial charge in [-0.1, -0.05) is 6.07 Å². The highest BCUT2D eigenvalue weighted by Crippen LogP contribution is 1.86. The molecule has 0 fully saturated rings. The molecule has 5 heteroatoms. The molecule has 0 aliphatic carbocycles. The zero-order valence-electron chi connectivity index (χ0n) is 5.64. The van der Waals surface area contributed by atoms with Crippen molar-refractivity contribution in [3.8, 4) is 0 Å². The zero-order chi connectivity index (χ0) is 8.27. The average Bonchev–Trinajstić information content (AvgIpc) is 2.04. The molecule has 4 nitrogen and oxygen atoms in total. The first-order valence-electron chi connectivity index (χ1n) is 3.02. The zero-order valence-corrected chi connectivity index (χ0v) is 5.64. The van der Waals surface area contributed by atoms with Crippen LogP contribution in [0.15, 0.2) is 18.3 Å². The minimum atomic E-state index is -1.64. The Hall–Kier alpha value is -1.20. The second-order valence-corrected chi connectivity index (χ2v) is 1.97. The predicted molar refractivity (Wildman–Crippen MR) is 39.5 cm³/mol. The first-order chi connectivity index (χ1) is 5.25. The summed E-state index contributed by atoms with van der Waals surface area (Å²) < 4.78 is 0. The quantitative estimate of drug-likeness (QED) is 0.401. The second-order valence-electron chi connectivity index (χ2n) is 1.97. The van der Waals surface area contributed by atoms with E-state index in [1.807, 2.05) is 0 Å². The van der Waals surface area contributed by atoms with Crippen LogP contribution in [-0.4, -0.2) is 28.4 Å². The summed E-state index contributed by atoms with van der Waals surface area (Å²) in [6.07, 6.45) is 1.89. The summed E-state index contributed by atoms with van der Waals surface area (Å²) >= 11 is 0. The van der Waals surface area contributed by atoms with Gasteiger partial charge in [0.25, 0.3) is 0 Å². The van der Waals surface area contributed by atoms with Gasteiger partial charge >= 0.3 is 7.12 Å². The molecule has 0 saturated heterocycles. The molecule has 56 valence electrons. The Morgan fingerprint density at radius 3 is 2.73 bits per heavy atom. The number of aromatic nitrogens is 1. The molecule has 0 aliphatic heterocycles. The monoisotopic (exact) mass is 151 g/mol. The molecule has 0 unspecified atom stereocenters. The maximum absolute atomic E-state index is 10.2. The van der Waals surface area contributed by atoms with Gasteiger partial charge in [-0.3, -0.25) is 9.78 Å². The molecule has 0 spiro atoms. The Balaban J connectivity index is 3.12. The molecule has 0 radical (unpaired) electrons. The van der Waals surface area contributed by atoms with Crippen molar-refractivity contribution in [2.24, 2.45) is 0 Å². The van der Waals surface area contributed by atoms with Crippen LogP contribution < -0.4 is 5.46 Å². The summed E-state index contributed by atoms with van der Waals surface area (Å²) in [6, 6.07) is 2.96. The van der Waals surface area contributed by atoms with Crippen molar-refractivity contribution in [2.75, 3.05) is 0 Å². The van der Waals surface area contributed by atoms with Crippen molar-refractivity contribution in [1.29, 1.82) is 0 Å². The largest absolute Gasteiger partial charge is 0.490 e. The van der Waals surface area contributed by atoms with E-state index >= 15 is 0 Å². The number of carbonyl (C=O) groups excluding carboxylic acids is 1. The van der Waals surface area contributed by atoms with Gasteiger partial charge < -0.3 is 10.0 Å². The number of pyridine rings is 1. The topological polar surface area (TPSA) is 70.4 Å². The highest BCUT2D eigenvalue weighted by molar-refractivity contribution is 6.59. The number of hydrogen-bond donors (Lipinski definition) is 2. The molecule has 0 aliphatic rings. The Morgan fingerprint density at radius 2 is 2.27 bits per heavy atom. The Kier molecular flexibility index (Phi) is 2.35. The molecule has 1 aromatic rings. The van der Waals surface area contributed by atoms with E-state index in [4.69, 9.17) is 10.0 Å². The summed E-state index contributed by atoms with van der Waals surface area (Å²) in [7, 11) is -1.64. The molecule has 1 aromatic heterocycles. The van der Waals surface area contributed by atoms with Crippen LogP contribution in [0.1, 0.15) is 10.5 Å². The maximum atomic E-state index is 10.2. The Bertz CT molecular complexity index is 264. The summed E-state index contributed by atoms with van der Waals surface area (Å²) in [4.78, 5) is 13.9. The molecular weight excluding hydrogens is 145 g/mol. The van der Waals surface area contributed by atoms with Gasteiger partial charge in [0, 0.05) is 11.7 Å². The lowest BCUT2D eigenvalue weighted by Crippen LogP contribution is -2.33. The summed E-state index contributed by atoms with van der Waals surface area (Å²) in [5.74, 6) is 0. The fraction of sp³-hybridized carbons (Fsp3) is 0. The van der Waals surface area contributed by atoms with Gasteiger partial charge in [0.2, 0.25) is 0 Å². The fourth-order valence-corrected chi connectivity index (χ4v) is 0.747. The van der Waals surface area contributed by atoms with Crippen LogP contribution in [0.5, 0.6) is 0 Å². The van der Waals surface area contributed by atoms with Crippen LogP contribution in [-0.2, 0) is 0 Å². The minimum Gasteiger partial charge on any atom is -0.423 e. The van der Waals surface area contributed by atoms with E-state index in [1.165, 1.54) is 18.3 Å². The lowest BCUT2D eigenvalue weighted by atomic mass is 9.79. The molecule has 1 rings (SSSR count). The van der Waals surface area contributed by atoms with E-state index in [2.05, 4.69) is 4.98 Å². The normalized spacial score (nSPS) is 9.27. The molecule has 0 atom stereocenters. The predicted octanol–water partition coefficient (Wildman–Crippen LogP) is -1.43. The van der Waals surface area contributed by atoms with Crippen molar-refractivity contribution in [2.45, 2.75) is 0 Å². The molecule has 1 heterocycles. The lowest BCUT2D eigenvalue weighted by molar-refractivity contribution is 0.111. The minimum absolute atomic E-state index is 0.0579. The smallest absolute Gasteiger partial charge is 0.423 e. The molecule has 0 bridgehead atoms. The number of hydrogen-bond acceptors (Lipinski definition) is 4. The number of aldehydes is 1. The highest BCUT2D eigenvalue weighted by Gasteiger charge is 2.15. The van der Waals surface area contributed by atoms with Crippen LogP contribution in [0.25, 0.3) is 0 Å². The molecule has 0 amide bonds. The highest BCUT2D eigenvalue weighted by atomic mass is 16.4. The summed E-state index contributed by atoms with van der Waals surface area (Å²) in [5.41, 5.74) is 0.185. The van der Waals surface area contributed by atoms with Crippen molar-refractivity contribution in [3.63, 3.8) is 0 Å². The van der Waals surface area contributed by atoms with Crippen molar-refractivity contribution in [1.82, 2.24) is 4.98 Å².